The average molecular weight is 388 g/mol. The van der Waals surface area contributed by atoms with Crippen molar-refractivity contribution in [2.75, 3.05) is 7.11 Å². The number of carboxylic acid groups (broad SMARTS) is 2. The Kier molecular flexibility index (Phi) is 6.70. The average Bonchev–Trinajstić information content (AvgIpc) is 2.49. The van der Waals surface area contributed by atoms with E-state index in [9.17, 15) is 24.3 Å². The lowest BCUT2D eigenvalue weighted by atomic mass is 9.95. The molecule has 3 N–H and O–H groups in total. The fraction of sp³-hybridized carbons (Fsp3) is 0.286. The van der Waals surface area contributed by atoms with Gasteiger partial charge in [-0.15, -0.1) is 0 Å². The van der Waals surface area contributed by atoms with E-state index in [0.717, 1.165) is 11.6 Å². The number of hydrogen-bond donors (Lipinski definition) is 3. The van der Waals surface area contributed by atoms with E-state index >= 15 is 0 Å². The van der Waals surface area contributed by atoms with Crippen molar-refractivity contribution >= 4 is 39.7 Å². The zero-order chi connectivity index (χ0) is 17.6. The molecule has 0 radical (unpaired) electrons. The molecule has 0 bridgehead atoms. The number of rotatable bonds is 7. The van der Waals surface area contributed by atoms with Crippen LogP contribution in [0.4, 0.5) is 0 Å². The molecule has 0 unspecified atom stereocenters. The zero-order valence-corrected chi connectivity index (χ0v) is 13.6. The van der Waals surface area contributed by atoms with Crippen LogP contribution in [0.5, 0.6) is 0 Å². The molecule has 0 aromatic heterocycles. The first-order chi connectivity index (χ1) is 10.8. The zero-order valence-electron chi connectivity index (χ0n) is 12.0. The molecule has 0 saturated carbocycles. The Morgan fingerprint density at radius 1 is 1.17 bits per heavy atom. The SMILES string of the molecule is COC(=O)[C@H](CC(=O)O)[C@H](NC(=O)c1ccc(Br)cc1)C(=O)O. The van der Waals surface area contributed by atoms with Crippen LogP contribution < -0.4 is 5.32 Å². The van der Waals surface area contributed by atoms with Gasteiger partial charge in [-0.2, -0.15) is 0 Å². The molecule has 1 aromatic rings. The summed E-state index contributed by atoms with van der Waals surface area (Å²) in [5, 5.41) is 20.2. The second kappa shape index (κ2) is 8.28. The van der Waals surface area contributed by atoms with Gasteiger partial charge in [0.1, 0.15) is 6.04 Å². The smallest absolute Gasteiger partial charge is 0.327 e. The van der Waals surface area contributed by atoms with Gasteiger partial charge >= 0.3 is 17.9 Å². The van der Waals surface area contributed by atoms with Gasteiger partial charge in [0.2, 0.25) is 0 Å². The van der Waals surface area contributed by atoms with Crippen LogP contribution in [0.25, 0.3) is 0 Å². The molecular weight excluding hydrogens is 374 g/mol. The van der Waals surface area contributed by atoms with Gasteiger partial charge in [-0.25, -0.2) is 4.79 Å². The van der Waals surface area contributed by atoms with Crippen LogP contribution >= 0.6 is 15.9 Å². The van der Waals surface area contributed by atoms with Crippen LogP contribution in [0.15, 0.2) is 28.7 Å². The molecule has 0 aliphatic carbocycles. The third-order valence-electron chi connectivity index (χ3n) is 2.96. The Hall–Kier alpha value is -2.42. The lowest BCUT2D eigenvalue weighted by molar-refractivity contribution is -0.156. The van der Waals surface area contributed by atoms with E-state index in [1.54, 1.807) is 12.1 Å². The summed E-state index contributed by atoms with van der Waals surface area (Å²) in [6.45, 7) is 0. The maximum absolute atomic E-state index is 12.1. The summed E-state index contributed by atoms with van der Waals surface area (Å²) in [7, 11) is 1.01. The van der Waals surface area contributed by atoms with E-state index in [2.05, 4.69) is 26.0 Å². The van der Waals surface area contributed by atoms with Crippen molar-refractivity contribution in [2.24, 2.45) is 5.92 Å². The maximum atomic E-state index is 12.1. The van der Waals surface area contributed by atoms with E-state index in [1.807, 2.05) is 0 Å². The van der Waals surface area contributed by atoms with Crippen molar-refractivity contribution in [3.8, 4) is 0 Å². The van der Waals surface area contributed by atoms with Crippen LogP contribution in [-0.2, 0) is 19.1 Å². The number of hydrogen-bond acceptors (Lipinski definition) is 5. The minimum absolute atomic E-state index is 0.165. The molecule has 124 valence electrons. The number of aliphatic carboxylic acids is 2. The second-order valence-corrected chi connectivity index (χ2v) is 5.44. The number of methoxy groups -OCH3 is 1. The van der Waals surface area contributed by atoms with Crippen molar-refractivity contribution in [3.63, 3.8) is 0 Å². The molecule has 1 amide bonds. The minimum Gasteiger partial charge on any atom is -0.481 e. The fourth-order valence-corrected chi connectivity index (χ4v) is 2.10. The summed E-state index contributed by atoms with van der Waals surface area (Å²) in [6, 6.07) is 4.33. The molecule has 1 aromatic carbocycles. The molecule has 1 rings (SSSR count). The minimum atomic E-state index is -1.73. The highest BCUT2D eigenvalue weighted by atomic mass is 79.9. The fourth-order valence-electron chi connectivity index (χ4n) is 1.84. The van der Waals surface area contributed by atoms with Gasteiger partial charge < -0.3 is 20.3 Å². The Balaban J connectivity index is 3.01. The monoisotopic (exact) mass is 387 g/mol. The van der Waals surface area contributed by atoms with Gasteiger partial charge in [0.15, 0.2) is 0 Å². The number of carbonyl (C=O) groups excluding carboxylic acids is 2. The predicted octanol–water partition coefficient (Wildman–Crippen LogP) is 0.896. The molecule has 0 fully saturated rings. The third kappa shape index (κ3) is 5.37. The topological polar surface area (TPSA) is 130 Å². The Labute approximate surface area is 139 Å². The van der Waals surface area contributed by atoms with Crippen molar-refractivity contribution in [1.29, 1.82) is 0 Å². The maximum Gasteiger partial charge on any atom is 0.327 e. The van der Waals surface area contributed by atoms with E-state index in [-0.39, 0.29) is 5.56 Å². The number of ether oxygens (including phenoxy) is 1. The molecule has 8 nitrogen and oxygen atoms in total. The number of amides is 1. The number of carbonyl (C=O) groups is 4. The predicted molar refractivity (Wildman–Crippen MR) is 80.8 cm³/mol. The number of nitrogens with one attached hydrogen (secondary N) is 1. The molecule has 2 atom stereocenters. The standard InChI is InChI=1S/C14H14BrNO7/c1-23-14(22)9(6-10(17)18)11(13(20)21)16-12(19)7-2-4-8(15)5-3-7/h2-5,9,11H,6H2,1H3,(H,16,19)(H,17,18)(H,20,21)/t9-,11+/m1/s1. The molecule has 0 saturated heterocycles. The molecule has 9 heteroatoms. The largest absolute Gasteiger partial charge is 0.481 e. The van der Waals surface area contributed by atoms with Crippen LogP contribution in [-0.4, -0.2) is 47.2 Å². The molecule has 0 heterocycles. The van der Waals surface area contributed by atoms with Crippen molar-refractivity contribution < 1.29 is 34.1 Å². The van der Waals surface area contributed by atoms with Gasteiger partial charge in [-0.1, -0.05) is 15.9 Å². The lowest BCUT2D eigenvalue weighted by Gasteiger charge is -2.21. The summed E-state index contributed by atoms with van der Waals surface area (Å²) in [5.74, 6) is -6.24. The Morgan fingerprint density at radius 3 is 2.17 bits per heavy atom. The van der Waals surface area contributed by atoms with Crippen LogP contribution in [0, 0.1) is 5.92 Å². The van der Waals surface area contributed by atoms with Crippen LogP contribution in [0.2, 0.25) is 0 Å². The molecular formula is C14H14BrNO7. The van der Waals surface area contributed by atoms with Crippen LogP contribution in [0.3, 0.4) is 0 Å². The summed E-state index contributed by atoms with van der Waals surface area (Å²) < 4.78 is 5.15. The highest BCUT2D eigenvalue weighted by Crippen LogP contribution is 2.15. The summed E-state index contributed by atoms with van der Waals surface area (Å²) in [5.41, 5.74) is 0.165. The highest BCUT2D eigenvalue weighted by molar-refractivity contribution is 9.10. The summed E-state index contributed by atoms with van der Waals surface area (Å²) >= 11 is 3.20. The van der Waals surface area contributed by atoms with Gasteiger partial charge in [-0.3, -0.25) is 14.4 Å². The third-order valence-corrected chi connectivity index (χ3v) is 3.49. The number of halogens is 1. The molecule has 23 heavy (non-hydrogen) atoms. The summed E-state index contributed by atoms with van der Waals surface area (Å²) in [4.78, 5) is 45.9. The first-order valence-electron chi connectivity index (χ1n) is 6.35. The molecule has 0 aliphatic heterocycles. The van der Waals surface area contributed by atoms with Crippen molar-refractivity contribution in [3.05, 3.63) is 34.3 Å². The van der Waals surface area contributed by atoms with Crippen LogP contribution in [0.1, 0.15) is 16.8 Å². The van der Waals surface area contributed by atoms with Gasteiger partial charge in [0.25, 0.3) is 5.91 Å². The second-order valence-electron chi connectivity index (χ2n) is 4.52. The summed E-state index contributed by atoms with van der Waals surface area (Å²) in [6.07, 6.45) is -0.787. The Bertz CT molecular complexity index is 614. The van der Waals surface area contributed by atoms with E-state index in [1.165, 1.54) is 12.1 Å². The number of esters is 1. The number of benzene rings is 1. The van der Waals surface area contributed by atoms with Gasteiger partial charge in [-0.05, 0) is 24.3 Å². The van der Waals surface area contributed by atoms with Crippen molar-refractivity contribution in [2.45, 2.75) is 12.5 Å². The molecule has 0 spiro atoms. The van der Waals surface area contributed by atoms with E-state index in [4.69, 9.17) is 5.11 Å². The van der Waals surface area contributed by atoms with E-state index in [0.29, 0.717) is 0 Å². The Morgan fingerprint density at radius 2 is 1.74 bits per heavy atom. The highest BCUT2D eigenvalue weighted by Gasteiger charge is 2.37. The van der Waals surface area contributed by atoms with E-state index < -0.39 is 42.2 Å². The quantitative estimate of drug-likeness (QED) is 0.592. The van der Waals surface area contributed by atoms with Gasteiger partial charge in [0.05, 0.1) is 19.4 Å². The first-order valence-corrected chi connectivity index (χ1v) is 7.14. The lowest BCUT2D eigenvalue weighted by Crippen LogP contribution is -2.49. The normalized spacial score (nSPS) is 12.8. The number of carboxylic acids is 2. The first kappa shape index (κ1) is 18.6. The molecule has 0 aliphatic rings. The van der Waals surface area contributed by atoms with Crippen molar-refractivity contribution in [1.82, 2.24) is 5.32 Å². The van der Waals surface area contributed by atoms with Gasteiger partial charge in [0, 0.05) is 10.0 Å².